The van der Waals surface area contributed by atoms with Gasteiger partial charge in [0.15, 0.2) is 5.66 Å². The van der Waals surface area contributed by atoms with Gasteiger partial charge in [0, 0.05) is 23.4 Å². The fourth-order valence-electron chi connectivity index (χ4n) is 5.21. The largest absolute Gasteiger partial charge is 0.385 e. The average Bonchev–Trinajstić information content (AvgIpc) is 3.41. The van der Waals surface area contributed by atoms with E-state index in [9.17, 15) is 12.8 Å². The number of aliphatic imine (C=N–C) groups is 1. The summed E-state index contributed by atoms with van der Waals surface area (Å²) in [6, 6.07) is 11.2. The molecule has 1 aliphatic carbocycles. The van der Waals surface area contributed by atoms with Gasteiger partial charge in [-0.1, -0.05) is 31.0 Å². The first-order valence-corrected chi connectivity index (χ1v) is 12.9. The molecule has 1 atom stereocenters. The lowest BCUT2D eigenvalue weighted by Crippen LogP contribution is -2.48. The Morgan fingerprint density at radius 1 is 1.21 bits per heavy atom. The van der Waals surface area contributed by atoms with Crippen molar-refractivity contribution in [1.82, 2.24) is 10.2 Å². The zero-order chi connectivity index (χ0) is 24.1. The van der Waals surface area contributed by atoms with Crippen molar-refractivity contribution in [3.05, 3.63) is 77.0 Å². The Balaban J connectivity index is 1.50. The summed E-state index contributed by atoms with van der Waals surface area (Å²) in [6.07, 6.45) is 8.43. The molecule has 0 spiro atoms. The summed E-state index contributed by atoms with van der Waals surface area (Å²) in [5.41, 5.74) is 9.72. The second-order valence-electron chi connectivity index (χ2n) is 9.17. The first-order valence-electron chi connectivity index (χ1n) is 11.4. The Bertz CT molecular complexity index is 1340. The molecule has 7 nitrogen and oxygen atoms in total. The van der Waals surface area contributed by atoms with Crippen LogP contribution in [-0.2, 0) is 10.0 Å². The van der Waals surface area contributed by atoms with Gasteiger partial charge in [0.1, 0.15) is 16.5 Å². The van der Waals surface area contributed by atoms with Crippen molar-refractivity contribution in [1.29, 1.82) is 0 Å². The smallest absolute Gasteiger partial charge is 0.264 e. The summed E-state index contributed by atoms with van der Waals surface area (Å²) in [4.78, 5) is 6.71. The number of halogens is 1. The van der Waals surface area contributed by atoms with Gasteiger partial charge in [-0.25, -0.2) is 17.8 Å². The lowest BCUT2D eigenvalue weighted by atomic mass is 9.90. The highest BCUT2D eigenvalue weighted by molar-refractivity contribution is 7.92. The van der Waals surface area contributed by atoms with Crippen LogP contribution in [0.4, 0.5) is 10.1 Å². The van der Waals surface area contributed by atoms with Crippen LogP contribution in [0.25, 0.3) is 5.57 Å². The Morgan fingerprint density at radius 3 is 2.65 bits per heavy atom. The van der Waals surface area contributed by atoms with Gasteiger partial charge in [-0.05, 0) is 62.1 Å². The SMILES string of the molecule is Cc1cc(C2=CN(C3CCCC3)C3(C)N=CNC(N)=C23)ccc1NS(=O)(=O)c1ccccc1F. The minimum absolute atomic E-state index is 0.385. The van der Waals surface area contributed by atoms with Gasteiger partial charge < -0.3 is 16.0 Å². The first kappa shape index (κ1) is 22.5. The Kier molecular flexibility index (Phi) is 5.39. The molecule has 2 aromatic rings. The molecular weight excluding hydrogens is 453 g/mol. The molecule has 5 rings (SSSR count). The predicted octanol–water partition coefficient (Wildman–Crippen LogP) is 4.05. The van der Waals surface area contributed by atoms with Crippen molar-refractivity contribution < 1.29 is 12.8 Å². The lowest BCUT2D eigenvalue weighted by molar-refractivity contribution is 0.167. The molecule has 1 fully saturated rings. The van der Waals surface area contributed by atoms with Crippen molar-refractivity contribution in [3.63, 3.8) is 0 Å². The summed E-state index contributed by atoms with van der Waals surface area (Å²) >= 11 is 0. The molecule has 2 aliphatic heterocycles. The van der Waals surface area contributed by atoms with Gasteiger partial charge in [-0.15, -0.1) is 0 Å². The summed E-state index contributed by atoms with van der Waals surface area (Å²) in [5, 5.41) is 3.04. The van der Waals surface area contributed by atoms with Crippen LogP contribution in [0.3, 0.4) is 0 Å². The summed E-state index contributed by atoms with van der Waals surface area (Å²) in [6.45, 7) is 3.90. The van der Waals surface area contributed by atoms with E-state index in [-0.39, 0.29) is 4.90 Å². The van der Waals surface area contributed by atoms with Crippen molar-refractivity contribution in [2.45, 2.75) is 56.1 Å². The van der Waals surface area contributed by atoms with Crippen LogP contribution in [0.2, 0.25) is 0 Å². The molecule has 0 saturated heterocycles. The summed E-state index contributed by atoms with van der Waals surface area (Å²) in [7, 11) is -4.06. The number of anilines is 1. The Hall–Kier alpha value is -3.33. The second kappa shape index (κ2) is 8.16. The highest BCUT2D eigenvalue weighted by atomic mass is 32.2. The van der Waals surface area contributed by atoms with Crippen LogP contribution < -0.4 is 15.8 Å². The molecule has 34 heavy (non-hydrogen) atoms. The van der Waals surface area contributed by atoms with Gasteiger partial charge >= 0.3 is 0 Å². The number of nitrogens with two attached hydrogens (primary N) is 1. The van der Waals surface area contributed by atoms with Crippen molar-refractivity contribution in [2.75, 3.05) is 4.72 Å². The number of nitrogens with zero attached hydrogens (tertiary/aromatic N) is 2. The van der Waals surface area contributed by atoms with Crippen molar-refractivity contribution >= 4 is 27.6 Å². The molecule has 9 heteroatoms. The minimum atomic E-state index is -4.06. The van der Waals surface area contributed by atoms with E-state index in [1.165, 1.54) is 31.0 Å². The maximum atomic E-state index is 14.1. The third kappa shape index (κ3) is 3.64. The van der Waals surface area contributed by atoms with Gasteiger partial charge in [-0.2, -0.15) is 0 Å². The molecule has 1 unspecified atom stereocenters. The van der Waals surface area contributed by atoms with E-state index in [2.05, 4.69) is 28.1 Å². The molecule has 4 N–H and O–H groups in total. The molecule has 1 saturated carbocycles. The average molecular weight is 482 g/mol. The van der Waals surface area contributed by atoms with Crippen LogP contribution in [0, 0.1) is 12.7 Å². The minimum Gasteiger partial charge on any atom is -0.385 e. The summed E-state index contributed by atoms with van der Waals surface area (Å²) < 4.78 is 42.1. The van der Waals surface area contributed by atoms with E-state index >= 15 is 0 Å². The van der Waals surface area contributed by atoms with Crippen LogP contribution in [0.15, 0.2) is 69.9 Å². The van der Waals surface area contributed by atoms with Gasteiger partial charge in [0.2, 0.25) is 0 Å². The molecular formula is C25H28FN5O2S. The number of hydrogen-bond donors (Lipinski definition) is 3. The zero-order valence-electron chi connectivity index (χ0n) is 19.2. The normalized spacial score (nSPS) is 22.6. The van der Waals surface area contributed by atoms with E-state index in [0.717, 1.165) is 35.6 Å². The lowest BCUT2D eigenvalue weighted by Gasteiger charge is -2.40. The Labute approximate surface area is 199 Å². The number of sulfonamides is 1. The molecule has 2 aromatic carbocycles. The monoisotopic (exact) mass is 481 g/mol. The maximum Gasteiger partial charge on any atom is 0.264 e. The molecule has 2 heterocycles. The van der Waals surface area contributed by atoms with Gasteiger partial charge in [0.05, 0.1) is 12.0 Å². The van der Waals surface area contributed by atoms with E-state index in [1.807, 2.05) is 19.1 Å². The molecule has 0 amide bonds. The van der Waals surface area contributed by atoms with E-state index in [1.54, 1.807) is 12.4 Å². The zero-order valence-corrected chi connectivity index (χ0v) is 20.0. The molecule has 0 bridgehead atoms. The van der Waals surface area contributed by atoms with Crippen LogP contribution >= 0.6 is 0 Å². The van der Waals surface area contributed by atoms with Crippen LogP contribution in [0.1, 0.15) is 43.7 Å². The molecule has 3 aliphatic rings. The molecule has 0 aromatic heterocycles. The topological polar surface area (TPSA) is 99.8 Å². The number of nitrogens with one attached hydrogen (secondary N) is 2. The standard InChI is InChI=1S/C25H28FN5O2S/c1-16-13-17(11-12-21(16)30-34(32,33)22-10-6-5-9-20(22)26)19-14-31(18-7-3-4-8-18)25(2)23(19)24(27)28-15-29-25/h5-6,9-15,18,30H,3-4,7-8,27H2,1-2H3,(H,28,29). The highest BCUT2D eigenvalue weighted by Crippen LogP contribution is 2.48. The molecule has 0 radical (unpaired) electrons. The number of aryl methyl sites for hydroxylation is 1. The fraction of sp³-hybridized carbons (Fsp3) is 0.320. The third-order valence-corrected chi connectivity index (χ3v) is 8.34. The van der Waals surface area contributed by atoms with E-state index in [4.69, 9.17) is 10.7 Å². The summed E-state index contributed by atoms with van der Waals surface area (Å²) in [5.74, 6) is -0.231. The van der Waals surface area contributed by atoms with Crippen molar-refractivity contribution in [2.24, 2.45) is 10.7 Å². The van der Waals surface area contributed by atoms with Crippen molar-refractivity contribution in [3.8, 4) is 0 Å². The number of rotatable bonds is 5. The van der Waals surface area contributed by atoms with Gasteiger partial charge in [0.25, 0.3) is 10.0 Å². The fourth-order valence-corrected chi connectivity index (χ4v) is 6.43. The van der Waals surface area contributed by atoms with Gasteiger partial charge in [-0.3, -0.25) is 4.72 Å². The number of benzene rings is 2. The number of hydrogen-bond acceptors (Lipinski definition) is 6. The highest BCUT2D eigenvalue weighted by Gasteiger charge is 2.47. The predicted molar refractivity (Wildman–Crippen MR) is 132 cm³/mol. The van der Waals surface area contributed by atoms with Crippen LogP contribution in [-0.4, -0.2) is 31.4 Å². The second-order valence-corrected chi connectivity index (χ2v) is 10.8. The Morgan fingerprint density at radius 2 is 1.94 bits per heavy atom. The quantitative estimate of drug-likeness (QED) is 0.598. The molecule has 178 valence electrons. The maximum absolute atomic E-state index is 14.1. The third-order valence-electron chi connectivity index (χ3n) is 6.95. The number of fused-ring (bicyclic) bond motifs is 1. The van der Waals surface area contributed by atoms with E-state index in [0.29, 0.717) is 23.1 Å². The van der Waals surface area contributed by atoms with Crippen LogP contribution in [0.5, 0.6) is 0 Å². The first-order chi connectivity index (χ1) is 16.2. The van der Waals surface area contributed by atoms with E-state index < -0.39 is 21.5 Å².